The number of likely N-dealkylation sites (tertiary alicyclic amines) is 1. The molecular formula is C30H39N5O3S2. The number of ketones is 1. The van der Waals surface area contributed by atoms with E-state index in [9.17, 15) is 9.59 Å². The summed E-state index contributed by atoms with van der Waals surface area (Å²) >= 11 is 3.27. The first-order valence-electron chi connectivity index (χ1n) is 13.6. The maximum atomic E-state index is 13.2. The summed E-state index contributed by atoms with van der Waals surface area (Å²) in [6.45, 7) is 8.43. The number of aromatic nitrogens is 2. The summed E-state index contributed by atoms with van der Waals surface area (Å²) in [5.74, 6) is 2.34. The summed E-state index contributed by atoms with van der Waals surface area (Å²) in [4.78, 5) is 38.3. The maximum Gasteiger partial charge on any atom is 0.253 e. The van der Waals surface area contributed by atoms with Gasteiger partial charge in [-0.05, 0) is 50.7 Å². The Morgan fingerprint density at radius 3 is 2.67 bits per heavy atom. The number of thiazole rings is 1. The third-order valence-corrected chi connectivity index (χ3v) is 8.61. The molecule has 1 aromatic carbocycles. The molecule has 40 heavy (non-hydrogen) atoms. The van der Waals surface area contributed by atoms with Crippen molar-refractivity contribution < 1.29 is 14.0 Å². The van der Waals surface area contributed by atoms with Crippen LogP contribution in [0, 0.1) is 0 Å². The average molecular weight is 582 g/mol. The van der Waals surface area contributed by atoms with Crippen LogP contribution in [0.5, 0.6) is 0 Å². The fourth-order valence-corrected chi connectivity index (χ4v) is 6.11. The Balaban J connectivity index is 1.26. The lowest BCUT2D eigenvalue weighted by atomic mass is 9.94. The molecule has 1 N–H and O–H groups in total. The van der Waals surface area contributed by atoms with Crippen molar-refractivity contribution in [3.05, 3.63) is 71.6 Å². The summed E-state index contributed by atoms with van der Waals surface area (Å²) < 4.78 is 6.98. The molecule has 1 amide bonds. The molecule has 1 unspecified atom stereocenters. The standard InChI is InChI=1S/C30H39N5O3S2/c1-30(2,3)25-17-31-26(38-25)20-39-27-18-32-29(40-27)33-23-8-6-15-35(19-23)28(37)22-12-10-21(11-13-22)16-24(36)9-7-14-34(4)5/h7,9-13,17-18,23H,6,8,14-16,19-20H2,1-5H3,(H,32,33)/b9-7+. The molecule has 3 heterocycles. The number of nitrogens with one attached hydrogen (secondary N) is 1. The van der Waals surface area contributed by atoms with Gasteiger partial charge in [-0.15, -0.1) is 11.8 Å². The largest absolute Gasteiger partial charge is 0.444 e. The maximum absolute atomic E-state index is 13.2. The number of carbonyl (C=O) groups is 2. The molecule has 2 aromatic heterocycles. The van der Waals surface area contributed by atoms with Gasteiger partial charge in [0.2, 0.25) is 5.89 Å². The second-order valence-electron chi connectivity index (χ2n) is 11.4. The topological polar surface area (TPSA) is 91.6 Å². The number of piperidine rings is 1. The molecule has 3 aromatic rings. The second kappa shape index (κ2) is 13.6. The second-order valence-corrected chi connectivity index (χ2v) is 13.7. The summed E-state index contributed by atoms with van der Waals surface area (Å²) in [5.41, 5.74) is 1.50. The van der Waals surface area contributed by atoms with E-state index in [2.05, 4.69) is 36.1 Å². The Hall–Kier alpha value is -2.95. The SMILES string of the molecule is CN(C)C/C=C/C(=O)Cc1ccc(C(=O)N2CCCC(Nc3ncc(SCc4ncc(C(C)(C)C)o4)s3)C2)cc1. The van der Waals surface area contributed by atoms with Crippen LogP contribution in [-0.4, -0.2) is 71.2 Å². The normalized spacial score (nSPS) is 16.1. The number of likely N-dealkylation sites (N-methyl/N-ethyl adjacent to an activating group) is 1. The van der Waals surface area contributed by atoms with Gasteiger partial charge >= 0.3 is 0 Å². The van der Waals surface area contributed by atoms with Crippen LogP contribution in [0.2, 0.25) is 0 Å². The molecule has 1 aliphatic heterocycles. The minimum atomic E-state index is -0.0556. The molecule has 8 nitrogen and oxygen atoms in total. The van der Waals surface area contributed by atoms with Crippen molar-refractivity contribution >= 4 is 39.9 Å². The Kier molecular flexibility index (Phi) is 10.2. The first-order chi connectivity index (χ1) is 19.1. The van der Waals surface area contributed by atoms with Gasteiger partial charge in [0.05, 0.1) is 22.4 Å². The van der Waals surface area contributed by atoms with Gasteiger partial charge in [0.15, 0.2) is 10.9 Å². The van der Waals surface area contributed by atoms with E-state index in [-0.39, 0.29) is 23.1 Å². The Bertz CT molecular complexity index is 1310. The number of carbonyl (C=O) groups excluding carboxylic acids is 2. The van der Waals surface area contributed by atoms with E-state index < -0.39 is 0 Å². The van der Waals surface area contributed by atoms with Crippen molar-refractivity contribution in [2.45, 2.75) is 61.5 Å². The molecular weight excluding hydrogens is 542 g/mol. The smallest absolute Gasteiger partial charge is 0.253 e. The van der Waals surface area contributed by atoms with Gasteiger partial charge in [0.1, 0.15) is 5.76 Å². The molecule has 10 heteroatoms. The van der Waals surface area contributed by atoms with Crippen LogP contribution in [0.15, 0.2) is 57.4 Å². The van der Waals surface area contributed by atoms with Crippen molar-refractivity contribution in [1.29, 1.82) is 0 Å². The van der Waals surface area contributed by atoms with Gasteiger partial charge in [0, 0.05) is 43.1 Å². The number of nitrogens with zero attached hydrogens (tertiary/aromatic N) is 4. The Labute approximate surface area is 245 Å². The number of benzene rings is 1. The van der Waals surface area contributed by atoms with Crippen LogP contribution in [0.4, 0.5) is 5.13 Å². The number of oxazole rings is 1. The molecule has 4 rings (SSSR count). The molecule has 0 spiro atoms. The minimum absolute atomic E-state index is 0.0196. The van der Waals surface area contributed by atoms with E-state index in [1.54, 1.807) is 29.2 Å². The predicted octanol–water partition coefficient (Wildman–Crippen LogP) is 5.67. The van der Waals surface area contributed by atoms with E-state index >= 15 is 0 Å². The zero-order valence-electron chi connectivity index (χ0n) is 24.0. The first kappa shape index (κ1) is 30.0. The van der Waals surface area contributed by atoms with E-state index in [0.717, 1.165) is 52.5 Å². The molecule has 0 radical (unpaired) electrons. The van der Waals surface area contributed by atoms with Crippen molar-refractivity contribution in [1.82, 2.24) is 19.8 Å². The number of hydrogen-bond acceptors (Lipinski definition) is 9. The number of anilines is 1. The highest BCUT2D eigenvalue weighted by molar-refractivity contribution is 8.00. The van der Waals surface area contributed by atoms with Crippen LogP contribution in [0.1, 0.15) is 61.2 Å². The summed E-state index contributed by atoms with van der Waals surface area (Å²) in [5, 5.41) is 4.39. The molecule has 0 bridgehead atoms. The highest BCUT2D eigenvalue weighted by Gasteiger charge is 2.25. The van der Waals surface area contributed by atoms with Gasteiger partial charge in [-0.25, -0.2) is 9.97 Å². The fraction of sp³-hybridized carbons (Fsp3) is 0.467. The molecule has 0 aliphatic carbocycles. The number of rotatable bonds is 11. The van der Waals surface area contributed by atoms with Gasteiger partial charge in [-0.2, -0.15) is 0 Å². The predicted molar refractivity (Wildman–Crippen MR) is 162 cm³/mol. The fourth-order valence-electron chi connectivity index (χ4n) is 4.31. The van der Waals surface area contributed by atoms with Crippen LogP contribution in [0.25, 0.3) is 0 Å². The van der Waals surface area contributed by atoms with Gasteiger partial charge < -0.3 is 19.5 Å². The Morgan fingerprint density at radius 1 is 1.20 bits per heavy atom. The lowest BCUT2D eigenvalue weighted by Gasteiger charge is -2.33. The summed E-state index contributed by atoms with van der Waals surface area (Å²) in [7, 11) is 3.93. The van der Waals surface area contributed by atoms with Crippen LogP contribution in [0.3, 0.4) is 0 Å². The van der Waals surface area contributed by atoms with Crippen molar-refractivity contribution in [3.8, 4) is 0 Å². The lowest BCUT2D eigenvalue weighted by molar-refractivity contribution is -0.114. The van der Waals surface area contributed by atoms with Crippen LogP contribution in [-0.2, 0) is 22.4 Å². The average Bonchev–Trinajstić information content (AvgIpc) is 3.57. The first-order valence-corrected chi connectivity index (χ1v) is 15.4. The molecule has 0 saturated carbocycles. The van der Waals surface area contributed by atoms with E-state index in [1.807, 2.05) is 66.6 Å². The molecule has 1 saturated heterocycles. The van der Waals surface area contributed by atoms with Gasteiger partial charge in [-0.3, -0.25) is 9.59 Å². The highest BCUT2D eigenvalue weighted by atomic mass is 32.2. The van der Waals surface area contributed by atoms with E-state index in [0.29, 0.717) is 24.3 Å². The van der Waals surface area contributed by atoms with Crippen molar-refractivity contribution in [2.75, 3.05) is 39.0 Å². The van der Waals surface area contributed by atoms with Gasteiger partial charge in [-0.1, -0.05) is 50.3 Å². The number of hydrogen-bond donors (Lipinski definition) is 1. The lowest BCUT2D eigenvalue weighted by Crippen LogP contribution is -2.45. The Morgan fingerprint density at radius 2 is 1.98 bits per heavy atom. The van der Waals surface area contributed by atoms with Crippen LogP contribution < -0.4 is 5.32 Å². The number of allylic oxidation sites excluding steroid dienone is 1. The van der Waals surface area contributed by atoms with Gasteiger partial charge in [0.25, 0.3) is 5.91 Å². The zero-order chi connectivity index (χ0) is 28.7. The van der Waals surface area contributed by atoms with Crippen molar-refractivity contribution in [3.63, 3.8) is 0 Å². The summed E-state index contributed by atoms with van der Waals surface area (Å²) in [6, 6.07) is 7.56. The zero-order valence-corrected chi connectivity index (χ0v) is 25.6. The summed E-state index contributed by atoms with van der Waals surface area (Å²) in [6.07, 6.45) is 9.44. The molecule has 1 atom stereocenters. The number of thioether (sulfide) groups is 1. The highest BCUT2D eigenvalue weighted by Crippen LogP contribution is 2.32. The van der Waals surface area contributed by atoms with Crippen molar-refractivity contribution in [2.24, 2.45) is 0 Å². The molecule has 1 aliphatic rings. The number of amides is 1. The van der Waals surface area contributed by atoms with E-state index in [1.165, 1.54) is 0 Å². The van der Waals surface area contributed by atoms with E-state index in [4.69, 9.17) is 4.42 Å². The molecule has 1 fully saturated rings. The van der Waals surface area contributed by atoms with Crippen LogP contribution >= 0.6 is 23.1 Å². The third kappa shape index (κ3) is 8.78. The quantitative estimate of drug-likeness (QED) is 0.229. The third-order valence-electron chi connectivity index (χ3n) is 6.50. The minimum Gasteiger partial charge on any atom is -0.444 e. The monoisotopic (exact) mass is 581 g/mol. The molecule has 214 valence electrons.